The number of fused-ring (bicyclic) bond motifs is 1. The summed E-state index contributed by atoms with van der Waals surface area (Å²) in [7, 11) is 1.53. The monoisotopic (exact) mass is 344 g/mol. The molecule has 24 heavy (non-hydrogen) atoms. The van der Waals surface area contributed by atoms with Crippen LogP contribution in [0.2, 0.25) is 0 Å². The highest BCUT2D eigenvalue weighted by atomic mass is 32.1. The van der Waals surface area contributed by atoms with E-state index >= 15 is 0 Å². The van der Waals surface area contributed by atoms with Crippen LogP contribution in [0, 0.1) is 5.92 Å². The van der Waals surface area contributed by atoms with Gasteiger partial charge in [0.1, 0.15) is 10.6 Å². The Kier molecular flexibility index (Phi) is 4.32. The molecule has 0 spiro atoms. The van der Waals surface area contributed by atoms with Gasteiger partial charge < -0.3 is 5.11 Å². The molecule has 0 aliphatic carbocycles. The van der Waals surface area contributed by atoms with E-state index in [2.05, 4.69) is 0 Å². The minimum Gasteiger partial charge on any atom is -0.508 e. The fraction of sp³-hybridized carbons (Fsp3) is 0.333. The van der Waals surface area contributed by atoms with Crippen molar-refractivity contribution in [2.45, 2.75) is 26.8 Å². The van der Waals surface area contributed by atoms with Crippen molar-refractivity contribution in [1.82, 2.24) is 9.13 Å². The van der Waals surface area contributed by atoms with Gasteiger partial charge >= 0.3 is 5.69 Å². The summed E-state index contributed by atoms with van der Waals surface area (Å²) in [5, 5.41) is 9.97. The normalized spacial score (nSPS) is 11.5. The van der Waals surface area contributed by atoms with Gasteiger partial charge in [-0.25, -0.2) is 4.79 Å². The van der Waals surface area contributed by atoms with E-state index in [0.29, 0.717) is 24.3 Å². The van der Waals surface area contributed by atoms with Crippen LogP contribution < -0.4 is 11.2 Å². The van der Waals surface area contributed by atoms with E-state index in [1.54, 1.807) is 16.7 Å². The molecule has 5 nitrogen and oxygen atoms in total. The van der Waals surface area contributed by atoms with Crippen molar-refractivity contribution >= 4 is 21.6 Å². The van der Waals surface area contributed by atoms with Crippen molar-refractivity contribution in [3.05, 3.63) is 61.6 Å². The number of hydrogen-bond donors (Lipinski definition) is 1. The van der Waals surface area contributed by atoms with Gasteiger partial charge in [-0.1, -0.05) is 26.0 Å². The highest BCUT2D eigenvalue weighted by Crippen LogP contribution is 2.25. The maximum atomic E-state index is 12.4. The Balaban J connectivity index is 2.12. The van der Waals surface area contributed by atoms with E-state index in [1.165, 1.54) is 23.0 Å². The van der Waals surface area contributed by atoms with Gasteiger partial charge in [-0.3, -0.25) is 13.9 Å². The van der Waals surface area contributed by atoms with Crippen molar-refractivity contribution < 1.29 is 5.11 Å². The zero-order chi connectivity index (χ0) is 17.4. The lowest BCUT2D eigenvalue weighted by Crippen LogP contribution is -2.38. The van der Waals surface area contributed by atoms with E-state index in [9.17, 15) is 14.7 Å². The summed E-state index contributed by atoms with van der Waals surface area (Å²) in [6, 6.07) is 8.90. The minimum atomic E-state index is -0.265. The Morgan fingerprint density at radius 2 is 1.83 bits per heavy atom. The predicted molar refractivity (Wildman–Crippen MR) is 97.1 cm³/mol. The lowest BCUT2D eigenvalue weighted by molar-refractivity contribution is 0.475. The molecule has 0 saturated heterocycles. The molecule has 1 aromatic carbocycles. The Morgan fingerprint density at radius 1 is 1.17 bits per heavy atom. The molecule has 3 aromatic rings. The SMILES string of the molecule is CC(C)Cn1c(=O)n(C)c(=O)c2cc(Cc3ccc(O)cc3)sc21. The van der Waals surface area contributed by atoms with Gasteiger partial charge in [-0.15, -0.1) is 11.3 Å². The fourth-order valence-electron chi connectivity index (χ4n) is 2.75. The van der Waals surface area contributed by atoms with Gasteiger partial charge in [-0.2, -0.15) is 0 Å². The third kappa shape index (κ3) is 3.01. The van der Waals surface area contributed by atoms with Crippen LogP contribution in [0.4, 0.5) is 0 Å². The van der Waals surface area contributed by atoms with Crippen molar-refractivity contribution in [3.8, 4) is 5.75 Å². The first-order valence-electron chi connectivity index (χ1n) is 7.87. The molecule has 1 N–H and O–H groups in total. The summed E-state index contributed by atoms with van der Waals surface area (Å²) in [5.41, 5.74) is 0.538. The molecular weight excluding hydrogens is 324 g/mol. The van der Waals surface area contributed by atoms with E-state index in [0.717, 1.165) is 15.3 Å². The van der Waals surface area contributed by atoms with E-state index in [4.69, 9.17) is 0 Å². The lowest BCUT2D eigenvalue weighted by Gasteiger charge is -2.11. The number of phenols is 1. The topological polar surface area (TPSA) is 64.2 Å². The number of aromatic hydroxyl groups is 1. The first-order chi connectivity index (χ1) is 11.4. The number of phenolic OH excluding ortho intramolecular Hbond substituents is 1. The zero-order valence-electron chi connectivity index (χ0n) is 13.9. The van der Waals surface area contributed by atoms with Gasteiger partial charge in [0.25, 0.3) is 5.56 Å². The standard InChI is InChI=1S/C18H20N2O3S/c1-11(2)10-20-17-15(16(22)19(3)18(20)23)9-14(24-17)8-12-4-6-13(21)7-5-12/h4-7,9,11,21H,8,10H2,1-3H3. The summed E-state index contributed by atoms with van der Waals surface area (Å²) >= 11 is 1.49. The highest BCUT2D eigenvalue weighted by Gasteiger charge is 2.15. The largest absolute Gasteiger partial charge is 0.508 e. The second-order valence-electron chi connectivity index (χ2n) is 6.43. The summed E-state index contributed by atoms with van der Waals surface area (Å²) in [4.78, 5) is 26.6. The quantitative estimate of drug-likeness (QED) is 0.791. The summed E-state index contributed by atoms with van der Waals surface area (Å²) in [5.74, 6) is 0.542. The summed E-state index contributed by atoms with van der Waals surface area (Å²) < 4.78 is 2.88. The number of nitrogens with zero attached hydrogens (tertiary/aromatic N) is 2. The molecule has 0 atom stereocenters. The summed E-state index contributed by atoms with van der Waals surface area (Å²) in [6.07, 6.45) is 0.665. The lowest BCUT2D eigenvalue weighted by atomic mass is 10.1. The summed E-state index contributed by atoms with van der Waals surface area (Å²) in [6.45, 7) is 4.69. The second kappa shape index (κ2) is 6.28. The van der Waals surface area contributed by atoms with Crippen LogP contribution >= 0.6 is 11.3 Å². The number of thiophene rings is 1. The highest BCUT2D eigenvalue weighted by molar-refractivity contribution is 7.18. The van der Waals surface area contributed by atoms with E-state index in [1.807, 2.05) is 32.0 Å². The Bertz CT molecular complexity index is 994. The van der Waals surface area contributed by atoms with Crippen LogP contribution in [0.3, 0.4) is 0 Å². The molecule has 0 amide bonds. The molecule has 2 heterocycles. The molecule has 126 valence electrons. The van der Waals surface area contributed by atoms with Crippen molar-refractivity contribution in [3.63, 3.8) is 0 Å². The number of rotatable bonds is 4. The average Bonchev–Trinajstić information content (AvgIpc) is 2.95. The maximum absolute atomic E-state index is 12.4. The van der Waals surface area contributed by atoms with Crippen LogP contribution in [-0.2, 0) is 20.0 Å². The molecule has 3 rings (SSSR count). The number of benzene rings is 1. The van der Waals surface area contributed by atoms with Gasteiger partial charge in [0, 0.05) is 24.9 Å². The Labute approximate surface area is 143 Å². The first-order valence-corrected chi connectivity index (χ1v) is 8.68. The van der Waals surface area contributed by atoms with Gasteiger partial charge in [-0.05, 0) is 29.7 Å². The van der Waals surface area contributed by atoms with Crippen molar-refractivity contribution in [2.24, 2.45) is 13.0 Å². The molecule has 0 aliphatic rings. The third-order valence-corrected chi connectivity index (χ3v) is 5.08. The molecule has 6 heteroatoms. The van der Waals surface area contributed by atoms with Gasteiger partial charge in [0.15, 0.2) is 0 Å². The molecule has 0 aliphatic heterocycles. The second-order valence-corrected chi connectivity index (χ2v) is 7.54. The molecule has 2 aromatic heterocycles. The van der Waals surface area contributed by atoms with Crippen LogP contribution in [0.1, 0.15) is 24.3 Å². The predicted octanol–water partition coefficient (Wildman–Crippen LogP) is 2.71. The van der Waals surface area contributed by atoms with Crippen LogP contribution in [0.25, 0.3) is 10.2 Å². The van der Waals surface area contributed by atoms with Crippen LogP contribution in [0.15, 0.2) is 39.9 Å². The van der Waals surface area contributed by atoms with Gasteiger partial charge in [0.2, 0.25) is 0 Å². The maximum Gasteiger partial charge on any atom is 0.331 e. The van der Waals surface area contributed by atoms with Gasteiger partial charge in [0.05, 0.1) is 5.39 Å². The van der Waals surface area contributed by atoms with Crippen LogP contribution in [-0.4, -0.2) is 14.2 Å². The van der Waals surface area contributed by atoms with Crippen molar-refractivity contribution in [2.75, 3.05) is 0 Å². The molecule has 0 radical (unpaired) electrons. The zero-order valence-corrected chi connectivity index (χ0v) is 14.8. The molecular formula is C18H20N2O3S. The Morgan fingerprint density at radius 3 is 2.46 bits per heavy atom. The molecule has 0 saturated carbocycles. The van der Waals surface area contributed by atoms with E-state index < -0.39 is 0 Å². The van der Waals surface area contributed by atoms with Crippen molar-refractivity contribution in [1.29, 1.82) is 0 Å². The molecule has 0 bridgehead atoms. The minimum absolute atomic E-state index is 0.231. The number of aromatic nitrogens is 2. The van der Waals surface area contributed by atoms with Crippen LogP contribution in [0.5, 0.6) is 5.75 Å². The molecule has 0 fully saturated rings. The first kappa shape index (κ1) is 16.5. The third-order valence-electron chi connectivity index (χ3n) is 3.92. The fourth-order valence-corrected chi connectivity index (χ4v) is 3.93. The average molecular weight is 344 g/mol. The number of hydrogen-bond acceptors (Lipinski definition) is 4. The molecule has 0 unspecified atom stereocenters. The smallest absolute Gasteiger partial charge is 0.331 e. The van der Waals surface area contributed by atoms with E-state index in [-0.39, 0.29) is 17.0 Å². The Hall–Kier alpha value is -2.34.